The van der Waals surface area contributed by atoms with Crippen LogP contribution in [0.1, 0.15) is 39.5 Å². The van der Waals surface area contributed by atoms with E-state index < -0.39 is 14.8 Å². The van der Waals surface area contributed by atoms with Gasteiger partial charge in [0.1, 0.15) is 0 Å². The lowest BCUT2D eigenvalue weighted by Crippen LogP contribution is -2.40. The third-order valence-corrected chi connectivity index (χ3v) is 15.5. The minimum Gasteiger partial charge on any atom is -0.167 e. The highest BCUT2D eigenvalue weighted by molar-refractivity contribution is 7.26. The van der Waals surface area contributed by atoms with E-state index in [-0.39, 0.29) is 0 Å². The van der Waals surface area contributed by atoms with E-state index in [0.717, 1.165) is 0 Å². The highest BCUT2D eigenvalue weighted by Gasteiger charge is 2.43. The summed E-state index contributed by atoms with van der Waals surface area (Å²) >= 11 is 13.6. The van der Waals surface area contributed by atoms with Crippen LogP contribution in [0.4, 0.5) is 0 Å². The second-order valence-corrected chi connectivity index (χ2v) is 17.9. The molecule has 0 nitrogen and oxygen atoms in total. The maximum Gasteiger partial charge on any atom is 0.156 e. The van der Waals surface area contributed by atoms with Gasteiger partial charge in [0, 0.05) is 0 Å². The molecule has 1 aliphatic heterocycles. The van der Waals surface area contributed by atoms with Crippen molar-refractivity contribution in [2.24, 2.45) is 0 Å². The van der Waals surface area contributed by atoms with Crippen molar-refractivity contribution in [1.29, 1.82) is 0 Å². The fourth-order valence-electron chi connectivity index (χ4n) is 2.63. The van der Waals surface area contributed by atoms with Gasteiger partial charge >= 0.3 is 0 Å². The fraction of sp³-hybridized carbons (Fsp3) is 1.00. The second kappa shape index (κ2) is 6.82. The first kappa shape index (κ1) is 15.1. The summed E-state index contributed by atoms with van der Waals surface area (Å²) < 4.78 is 0. The van der Waals surface area contributed by atoms with E-state index in [1.54, 1.807) is 0 Å². The third-order valence-electron chi connectivity index (χ3n) is 4.00. The lowest BCUT2D eigenvalue weighted by atomic mass is 10.4. The van der Waals surface area contributed by atoms with Gasteiger partial charge < -0.3 is 0 Å². The molecule has 96 valence electrons. The van der Waals surface area contributed by atoms with Crippen LogP contribution in [0.2, 0.25) is 36.3 Å². The predicted octanol–water partition coefficient (Wildman–Crippen LogP) is 5.97. The summed E-state index contributed by atoms with van der Waals surface area (Å²) in [6.45, 7) is 4.53. The first-order valence-electron chi connectivity index (χ1n) is 6.91. The van der Waals surface area contributed by atoms with Crippen molar-refractivity contribution >= 4 is 36.9 Å². The third kappa shape index (κ3) is 4.71. The van der Waals surface area contributed by atoms with Gasteiger partial charge in [0.2, 0.25) is 0 Å². The quantitative estimate of drug-likeness (QED) is 0.418. The highest BCUT2D eigenvalue weighted by atomic mass is 35.6. The van der Waals surface area contributed by atoms with E-state index >= 15 is 0 Å². The molecule has 0 amide bonds. The largest absolute Gasteiger partial charge is 0.167 e. The van der Waals surface area contributed by atoms with Crippen LogP contribution in [-0.4, -0.2) is 14.8 Å². The number of hydrogen-bond acceptors (Lipinski definition) is 0. The summed E-state index contributed by atoms with van der Waals surface area (Å²) in [5.41, 5.74) is 0. The Morgan fingerprint density at radius 1 is 0.750 bits per heavy atom. The van der Waals surface area contributed by atoms with E-state index in [2.05, 4.69) is 13.8 Å². The molecule has 4 heteroatoms. The number of rotatable bonds is 6. The second-order valence-electron chi connectivity index (χ2n) is 5.51. The van der Waals surface area contributed by atoms with Crippen molar-refractivity contribution in [2.75, 3.05) is 0 Å². The molecular weight excluding hydrogens is 271 g/mol. The van der Waals surface area contributed by atoms with Gasteiger partial charge in [-0.05, 0) is 36.3 Å². The molecule has 1 heterocycles. The fourth-order valence-corrected chi connectivity index (χ4v) is 17.5. The first-order chi connectivity index (χ1) is 7.54. The molecule has 0 saturated carbocycles. The molecular formula is C12H26Cl2Si2. The van der Waals surface area contributed by atoms with Gasteiger partial charge in [0.05, 0.1) is 0 Å². The summed E-state index contributed by atoms with van der Waals surface area (Å²) in [6.07, 6.45) is 5.25. The topological polar surface area (TPSA) is 0 Å². The van der Waals surface area contributed by atoms with Gasteiger partial charge in [-0.15, -0.1) is 0 Å². The van der Waals surface area contributed by atoms with Gasteiger partial charge in [-0.25, -0.2) is 0 Å². The zero-order chi connectivity index (χ0) is 12.1. The Bertz CT molecular complexity index is 179. The molecule has 1 aliphatic rings. The molecule has 1 fully saturated rings. The standard InChI is InChI=1S/C12H26Cl2Si2/c1-3-5-7-15(13)9-11-16(14,12-10-15)8-6-4-2/h3-12H2,1-2H3. The Kier molecular flexibility index (Phi) is 6.42. The minimum atomic E-state index is -1.36. The van der Waals surface area contributed by atoms with Crippen LogP contribution in [0.5, 0.6) is 0 Å². The summed E-state index contributed by atoms with van der Waals surface area (Å²) in [5.74, 6) is 0. The Morgan fingerprint density at radius 3 is 1.31 bits per heavy atom. The van der Waals surface area contributed by atoms with Crippen molar-refractivity contribution in [3.05, 3.63) is 0 Å². The molecule has 16 heavy (non-hydrogen) atoms. The van der Waals surface area contributed by atoms with E-state index in [1.165, 1.54) is 61.9 Å². The molecule has 0 bridgehead atoms. The summed E-state index contributed by atoms with van der Waals surface area (Å²) in [4.78, 5) is 0. The smallest absolute Gasteiger partial charge is 0.156 e. The average Bonchev–Trinajstić information content (AvgIpc) is 2.29. The van der Waals surface area contributed by atoms with Crippen molar-refractivity contribution in [1.82, 2.24) is 0 Å². The molecule has 0 N–H and O–H groups in total. The SMILES string of the molecule is CCCC[Si]1(Cl)CC[Si](Cl)(CCCC)CC1. The monoisotopic (exact) mass is 296 g/mol. The minimum absolute atomic E-state index is 1.29. The Morgan fingerprint density at radius 2 is 1.06 bits per heavy atom. The van der Waals surface area contributed by atoms with E-state index in [4.69, 9.17) is 22.2 Å². The lowest BCUT2D eigenvalue weighted by Gasteiger charge is -2.37. The Labute approximate surface area is 113 Å². The van der Waals surface area contributed by atoms with Crippen LogP contribution < -0.4 is 0 Å². The molecule has 1 saturated heterocycles. The average molecular weight is 297 g/mol. The van der Waals surface area contributed by atoms with Crippen LogP contribution in [0.15, 0.2) is 0 Å². The maximum atomic E-state index is 6.82. The highest BCUT2D eigenvalue weighted by Crippen LogP contribution is 2.44. The number of unbranched alkanes of at least 4 members (excludes halogenated alkanes) is 2. The van der Waals surface area contributed by atoms with Gasteiger partial charge in [-0.2, -0.15) is 22.2 Å². The normalized spacial score (nSPS) is 35.2. The van der Waals surface area contributed by atoms with Crippen molar-refractivity contribution in [2.45, 2.75) is 75.8 Å². The molecule has 0 aromatic heterocycles. The van der Waals surface area contributed by atoms with Crippen molar-refractivity contribution in [3.8, 4) is 0 Å². The molecule has 1 rings (SSSR count). The van der Waals surface area contributed by atoms with E-state index in [0.29, 0.717) is 0 Å². The lowest BCUT2D eigenvalue weighted by molar-refractivity contribution is 0.848. The number of halogens is 2. The van der Waals surface area contributed by atoms with Gasteiger partial charge in [-0.1, -0.05) is 39.5 Å². The van der Waals surface area contributed by atoms with Gasteiger partial charge in [0.15, 0.2) is 14.8 Å². The van der Waals surface area contributed by atoms with Crippen LogP contribution in [0.3, 0.4) is 0 Å². The molecule has 0 aromatic rings. The molecule has 0 aromatic carbocycles. The van der Waals surface area contributed by atoms with Crippen molar-refractivity contribution < 1.29 is 0 Å². The summed E-state index contributed by atoms with van der Waals surface area (Å²) in [6, 6.07) is 7.92. The Hall–Kier alpha value is 1.01. The molecule has 0 atom stereocenters. The first-order valence-corrected chi connectivity index (χ1v) is 14.2. The number of hydrogen-bond donors (Lipinski definition) is 0. The summed E-state index contributed by atoms with van der Waals surface area (Å²) in [5, 5.41) is 0. The van der Waals surface area contributed by atoms with Gasteiger partial charge in [-0.3, -0.25) is 0 Å². The maximum absolute atomic E-state index is 6.82. The molecule has 0 unspecified atom stereocenters. The summed E-state index contributed by atoms with van der Waals surface area (Å²) in [7, 11) is -2.73. The van der Waals surface area contributed by atoms with Crippen molar-refractivity contribution in [3.63, 3.8) is 0 Å². The van der Waals surface area contributed by atoms with E-state index in [9.17, 15) is 0 Å². The van der Waals surface area contributed by atoms with Gasteiger partial charge in [0.25, 0.3) is 0 Å². The molecule has 0 aliphatic carbocycles. The molecule has 0 radical (unpaired) electrons. The van der Waals surface area contributed by atoms with Crippen LogP contribution in [0.25, 0.3) is 0 Å². The van der Waals surface area contributed by atoms with E-state index in [1.807, 2.05) is 0 Å². The molecule has 0 spiro atoms. The zero-order valence-corrected chi connectivity index (χ0v) is 14.3. The van der Waals surface area contributed by atoms with Crippen LogP contribution in [0, 0.1) is 0 Å². The van der Waals surface area contributed by atoms with Crippen LogP contribution in [-0.2, 0) is 0 Å². The zero-order valence-electron chi connectivity index (χ0n) is 10.8. The predicted molar refractivity (Wildman–Crippen MR) is 81.9 cm³/mol. The Balaban J connectivity index is 2.36. The van der Waals surface area contributed by atoms with Crippen LogP contribution >= 0.6 is 22.2 Å².